The molecule has 0 aromatic rings. The Kier molecular flexibility index (Phi) is 4.02. The summed E-state index contributed by atoms with van der Waals surface area (Å²) < 4.78 is 11.6. The first kappa shape index (κ1) is 12.1. The SMILES string of the molecule is CB1OC2CCCC2(C(C)C)O1.CC. The van der Waals surface area contributed by atoms with E-state index < -0.39 is 0 Å². The van der Waals surface area contributed by atoms with Crippen LogP contribution in [0.2, 0.25) is 6.82 Å². The largest absolute Gasteiger partial charge is 0.454 e. The molecule has 2 nitrogen and oxygen atoms in total. The van der Waals surface area contributed by atoms with E-state index in [2.05, 4.69) is 13.8 Å². The predicted octanol–water partition coefficient (Wildman–Crippen LogP) is 3.12. The van der Waals surface area contributed by atoms with Gasteiger partial charge in [0.05, 0.1) is 11.7 Å². The van der Waals surface area contributed by atoms with Crippen LogP contribution in [0.4, 0.5) is 0 Å². The topological polar surface area (TPSA) is 18.5 Å². The first-order valence-electron chi connectivity index (χ1n) is 5.98. The van der Waals surface area contributed by atoms with Gasteiger partial charge in [-0.3, -0.25) is 0 Å². The summed E-state index contributed by atoms with van der Waals surface area (Å²) in [4.78, 5) is 0. The van der Waals surface area contributed by atoms with Gasteiger partial charge in [0.2, 0.25) is 0 Å². The fourth-order valence-corrected chi connectivity index (χ4v) is 2.65. The molecule has 1 aliphatic carbocycles. The molecule has 0 aromatic heterocycles. The van der Waals surface area contributed by atoms with Crippen molar-refractivity contribution in [3.8, 4) is 0 Å². The Hall–Kier alpha value is -0.0151. The van der Waals surface area contributed by atoms with Crippen molar-refractivity contribution in [2.75, 3.05) is 0 Å². The van der Waals surface area contributed by atoms with Gasteiger partial charge in [0.1, 0.15) is 0 Å². The molecule has 0 amide bonds. The van der Waals surface area contributed by atoms with E-state index in [0.29, 0.717) is 12.0 Å². The lowest BCUT2D eigenvalue weighted by molar-refractivity contribution is 0.0161. The summed E-state index contributed by atoms with van der Waals surface area (Å²) in [5, 5.41) is 0. The van der Waals surface area contributed by atoms with Crippen molar-refractivity contribution in [3.63, 3.8) is 0 Å². The van der Waals surface area contributed by atoms with Crippen molar-refractivity contribution in [1.82, 2.24) is 0 Å². The third kappa shape index (κ3) is 1.85. The molecule has 1 aliphatic heterocycles. The Bertz CT molecular complexity index is 184. The summed E-state index contributed by atoms with van der Waals surface area (Å²) in [5.74, 6) is 0.579. The quantitative estimate of drug-likeness (QED) is 0.602. The van der Waals surface area contributed by atoms with E-state index in [1.54, 1.807) is 0 Å². The molecular weight excluding hydrogens is 175 g/mol. The summed E-state index contributed by atoms with van der Waals surface area (Å²) in [7, 11) is 0.0118. The van der Waals surface area contributed by atoms with Crippen LogP contribution < -0.4 is 0 Å². The number of fused-ring (bicyclic) bond motifs is 1. The van der Waals surface area contributed by atoms with Gasteiger partial charge in [-0.25, -0.2) is 0 Å². The van der Waals surface area contributed by atoms with Crippen molar-refractivity contribution in [1.29, 1.82) is 0 Å². The van der Waals surface area contributed by atoms with Crippen molar-refractivity contribution >= 4 is 7.12 Å². The van der Waals surface area contributed by atoms with Crippen LogP contribution in [0.1, 0.15) is 47.0 Å². The molecule has 0 N–H and O–H groups in total. The Morgan fingerprint density at radius 3 is 2.50 bits per heavy atom. The van der Waals surface area contributed by atoms with E-state index in [9.17, 15) is 0 Å². The van der Waals surface area contributed by atoms with Crippen LogP contribution >= 0.6 is 0 Å². The predicted molar refractivity (Wildman–Crippen MR) is 60.3 cm³/mol. The lowest BCUT2D eigenvalue weighted by Gasteiger charge is -2.32. The van der Waals surface area contributed by atoms with E-state index >= 15 is 0 Å². The minimum Gasteiger partial charge on any atom is -0.406 e. The van der Waals surface area contributed by atoms with Gasteiger partial charge < -0.3 is 9.31 Å². The Morgan fingerprint density at radius 1 is 1.36 bits per heavy atom. The van der Waals surface area contributed by atoms with E-state index in [1.165, 1.54) is 19.3 Å². The molecule has 0 radical (unpaired) electrons. The lowest BCUT2D eigenvalue weighted by atomic mass is 9.86. The zero-order chi connectivity index (χ0) is 10.8. The van der Waals surface area contributed by atoms with Gasteiger partial charge in [-0.05, 0) is 32.0 Å². The number of hydrogen-bond donors (Lipinski definition) is 0. The molecule has 2 rings (SSSR count). The molecule has 14 heavy (non-hydrogen) atoms. The molecule has 0 spiro atoms. The van der Waals surface area contributed by atoms with Gasteiger partial charge in [-0.1, -0.05) is 27.7 Å². The fourth-order valence-electron chi connectivity index (χ4n) is 2.65. The minimum atomic E-state index is 0.0118. The van der Waals surface area contributed by atoms with Gasteiger partial charge >= 0.3 is 7.12 Å². The monoisotopic (exact) mass is 198 g/mol. The van der Waals surface area contributed by atoms with Crippen LogP contribution in [0.3, 0.4) is 0 Å². The van der Waals surface area contributed by atoms with Crippen molar-refractivity contribution in [2.24, 2.45) is 5.92 Å². The highest BCUT2D eigenvalue weighted by Gasteiger charge is 2.53. The maximum absolute atomic E-state index is 5.91. The zero-order valence-corrected chi connectivity index (χ0v) is 10.2. The lowest BCUT2D eigenvalue weighted by Crippen LogP contribution is -2.40. The maximum Gasteiger partial charge on any atom is 0.454 e. The summed E-state index contributed by atoms with van der Waals surface area (Å²) in [6, 6.07) is 0. The fraction of sp³-hybridized carbons (Fsp3) is 1.00. The van der Waals surface area contributed by atoms with Crippen molar-refractivity contribution in [2.45, 2.75) is 65.5 Å². The third-order valence-electron chi connectivity index (χ3n) is 3.30. The van der Waals surface area contributed by atoms with Crippen LogP contribution in [-0.4, -0.2) is 18.8 Å². The molecule has 1 saturated carbocycles. The van der Waals surface area contributed by atoms with Gasteiger partial charge in [-0.2, -0.15) is 0 Å². The highest BCUT2D eigenvalue weighted by Crippen LogP contribution is 2.45. The van der Waals surface area contributed by atoms with Gasteiger partial charge in [0.25, 0.3) is 0 Å². The van der Waals surface area contributed by atoms with E-state index in [1.807, 2.05) is 20.7 Å². The normalized spacial score (nSPS) is 35.6. The van der Waals surface area contributed by atoms with Gasteiger partial charge in [-0.15, -0.1) is 0 Å². The average molecular weight is 198 g/mol. The molecule has 0 aromatic carbocycles. The molecule has 0 bridgehead atoms. The van der Waals surface area contributed by atoms with Crippen LogP contribution in [0.5, 0.6) is 0 Å². The molecule has 2 fully saturated rings. The molecule has 2 unspecified atom stereocenters. The summed E-state index contributed by atoms with van der Waals surface area (Å²) in [6.07, 6.45) is 3.99. The molecule has 3 heteroatoms. The van der Waals surface area contributed by atoms with E-state index in [-0.39, 0.29) is 12.7 Å². The van der Waals surface area contributed by atoms with Crippen LogP contribution in [-0.2, 0) is 9.31 Å². The van der Waals surface area contributed by atoms with Crippen molar-refractivity contribution < 1.29 is 9.31 Å². The highest BCUT2D eigenvalue weighted by molar-refractivity contribution is 6.43. The Labute approximate surface area is 88.5 Å². The molecule has 1 saturated heterocycles. The standard InChI is InChI=1S/C9H17BO2.C2H6/c1-7(2)9-6-4-5-8(9)11-10(3)12-9;1-2/h7-8H,4-6H2,1-3H3;1-2H3. The van der Waals surface area contributed by atoms with Crippen LogP contribution in [0.25, 0.3) is 0 Å². The maximum atomic E-state index is 5.91. The van der Waals surface area contributed by atoms with Crippen LogP contribution in [0, 0.1) is 5.92 Å². The van der Waals surface area contributed by atoms with E-state index in [0.717, 1.165) is 0 Å². The Morgan fingerprint density at radius 2 is 2.00 bits per heavy atom. The van der Waals surface area contributed by atoms with E-state index in [4.69, 9.17) is 9.31 Å². The minimum absolute atomic E-state index is 0.0118. The molecule has 2 aliphatic rings. The smallest absolute Gasteiger partial charge is 0.406 e. The molecule has 2 atom stereocenters. The second-order valence-electron chi connectivity index (χ2n) is 4.31. The summed E-state index contributed by atoms with van der Waals surface area (Å²) in [6.45, 7) is 10.5. The molecule has 1 heterocycles. The van der Waals surface area contributed by atoms with Gasteiger partial charge in [0, 0.05) is 0 Å². The average Bonchev–Trinajstić information content (AvgIpc) is 2.64. The molecular formula is C11H23BO2. The van der Waals surface area contributed by atoms with Gasteiger partial charge in [0.15, 0.2) is 0 Å². The second kappa shape index (κ2) is 4.67. The molecule has 82 valence electrons. The third-order valence-corrected chi connectivity index (χ3v) is 3.30. The first-order chi connectivity index (χ1) is 6.65. The first-order valence-corrected chi connectivity index (χ1v) is 5.98. The summed E-state index contributed by atoms with van der Waals surface area (Å²) >= 11 is 0. The number of rotatable bonds is 1. The summed E-state index contributed by atoms with van der Waals surface area (Å²) in [5.41, 5.74) is 0.0550. The van der Waals surface area contributed by atoms with Crippen LogP contribution in [0.15, 0.2) is 0 Å². The Balaban J connectivity index is 0.000000461. The van der Waals surface area contributed by atoms with Crippen molar-refractivity contribution in [3.05, 3.63) is 0 Å². The zero-order valence-electron chi connectivity index (χ0n) is 10.2. The highest BCUT2D eigenvalue weighted by atomic mass is 16.7. The second-order valence-corrected chi connectivity index (χ2v) is 4.31. The number of hydrogen-bond acceptors (Lipinski definition) is 2.